The number of ether oxygens (including phenoxy) is 1. The van der Waals surface area contributed by atoms with Gasteiger partial charge in [0.15, 0.2) is 0 Å². The highest BCUT2D eigenvalue weighted by Crippen LogP contribution is 2.28. The van der Waals surface area contributed by atoms with Gasteiger partial charge in [0.05, 0.1) is 6.20 Å². The summed E-state index contributed by atoms with van der Waals surface area (Å²) in [5, 5.41) is 0.579. The van der Waals surface area contributed by atoms with Crippen LogP contribution < -0.4 is 4.74 Å². The van der Waals surface area contributed by atoms with Crippen molar-refractivity contribution in [2.45, 2.75) is 25.4 Å². The molecule has 1 aromatic heterocycles. The molecule has 0 atom stereocenters. The van der Waals surface area contributed by atoms with E-state index in [0.717, 1.165) is 12.8 Å². The van der Waals surface area contributed by atoms with Gasteiger partial charge in [0.2, 0.25) is 11.2 Å². The zero-order valence-corrected chi connectivity index (χ0v) is 8.35. The van der Waals surface area contributed by atoms with Crippen molar-refractivity contribution in [3.05, 3.63) is 16.5 Å². The van der Waals surface area contributed by atoms with Gasteiger partial charge in [0, 0.05) is 0 Å². The van der Waals surface area contributed by atoms with Gasteiger partial charge in [-0.1, -0.05) is 11.6 Å². The van der Waals surface area contributed by atoms with E-state index in [2.05, 4.69) is 9.97 Å². The van der Waals surface area contributed by atoms with Gasteiger partial charge in [-0.3, -0.25) is 0 Å². The van der Waals surface area contributed by atoms with Crippen molar-refractivity contribution in [3.63, 3.8) is 0 Å². The number of nitrogens with zero attached hydrogens (tertiary/aromatic N) is 2. The fourth-order valence-corrected chi connectivity index (χ4v) is 1.32. The molecule has 1 heterocycles. The molecule has 1 aliphatic rings. The van der Waals surface area contributed by atoms with E-state index < -0.39 is 0 Å². The van der Waals surface area contributed by atoms with E-state index in [0.29, 0.717) is 10.9 Å². The molecule has 1 aliphatic carbocycles. The topological polar surface area (TPSA) is 35.0 Å². The normalized spacial score (nSPS) is 16.8. The van der Waals surface area contributed by atoms with E-state index in [1.54, 1.807) is 0 Å². The SMILES string of the molecule is Clc1ncc(Cl)c(OC2CCC2)n1. The molecule has 3 nitrogen and oxygen atoms in total. The molecule has 0 saturated heterocycles. The smallest absolute Gasteiger partial charge is 0.237 e. The van der Waals surface area contributed by atoms with Crippen LogP contribution >= 0.6 is 23.2 Å². The van der Waals surface area contributed by atoms with Crippen LogP contribution in [0.1, 0.15) is 19.3 Å². The van der Waals surface area contributed by atoms with Crippen LogP contribution in [0.4, 0.5) is 0 Å². The van der Waals surface area contributed by atoms with Gasteiger partial charge in [-0.25, -0.2) is 4.98 Å². The Morgan fingerprint density at radius 2 is 2.15 bits per heavy atom. The number of halogens is 2. The average Bonchev–Trinajstić information content (AvgIpc) is 2.03. The highest BCUT2D eigenvalue weighted by atomic mass is 35.5. The quantitative estimate of drug-likeness (QED) is 0.717. The third-order valence-electron chi connectivity index (χ3n) is 2.01. The van der Waals surface area contributed by atoms with Crippen molar-refractivity contribution in [1.29, 1.82) is 0 Å². The van der Waals surface area contributed by atoms with E-state index in [9.17, 15) is 0 Å². The molecule has 0 spiro atoms. The van der Waals surface area contributed by atoms with Gasteiger partial charge < -0.3 is 4.74 Å². The number of rotatable bonds is 2. The van der Waals surface area contributed by atoms with Crippen molar-refractivity contribution in [2.75, 3.05) is 0 Å². The molecule has 1 aromatic rings. The summed E-state index contributed by atoms with van der Waals surface area (Å²) in [6.45, 7) is 0. The first kappa shape index (κ1) is 9.03. The summed E-state index contributed by atoms with van der Waals surface area (Å²) < 4.78 is 5.49. The fraction of sp³-hybridized carbons (Fsp3) is 0.500. The maximum Gasteiger partial charge on any atom is 0.237 e. The van der Waals surface area contributed by atoms with Crippen LogP contribution in [0.5, 0.6) is 5.88 Å². The van der Waals surface area contributed by atoms with Crippen molar-refractivity contribution in [1.82, 2.24) is 9.97 Å². The molecule has 5 heteroatoms. The van der Waals surface area contributed by atoms with Gasteiger partial charge in [-0.2, -0.15) is 4.98 Å². The second kappa shape index (κ2) is 3.68. The highest BCUT2D eigenvalue weighted by Gasteiger charge is 2.21. The van der Waals surface area contributed by atoms with E-state index in [-0.39, 0.29) is 11.4 Å². The number of hydrogen-bond donors (Lipinski definition) is 0. The first-order valence-corrected chi connectivity index (χ1v) is 4.86. The average molecular weight is 219 g/mol. The summed E-state index contributed by atoms with van der Waals surface area (Å²) in [6.07, 6.45) is 5.05. The van der Waals surface area contributed by atoms with Crippen LogP contribution in [-0.4, -0.2) is 16.1 Å². The summed E-state index contributed by atoms with van der Waals surface area (Å²) in [6, 6.07) is 0. The summed E-state index contributed by atoms with van der Waals surface area (Å²) in [7, 11) is 0. The minimum Gasteiger partial charge on any atom is -0.473 e. The minimum absolute atomic E-state index is 0.165. The molecule has 0 amide bonds. The van der Waals surface area contributed by atoms with Gasteiger partial charge in [-0.05, 0) is 30.9 Å². The molecule has 0 aromatic carbocycles. The molecule has 2 rings (SSSR count). The highest BCUT2D eigenvalue weighted by molar-refractivity contribution is 6.32. The van der Waals surface area contributed by atoms with E-state index in [4.69, 9.17) is 27.9 Å². The Morgan fingerprint density at radius 1 is 1.38 bits per heavy atom. The van der Waals surface area contributed by atoms with Crippen LogP contribution in [0.3, 0.4) is 0 Å². The van der Waals surface area contributed by atoms with Crippen molar-refractivity contribution in [3.8, 4) is 5.88 Å². The summed E-state index contributed by atoms with van der Waals surface area (Å²) in [5.41, 5.74) is 0. The largest absolute Gasteiger partial charge is 0.473 e. The maximum absolute atomic E-state index is 5.81. The minimum atomic E-state index is 0.165. The molecule has 0 radical (unpaired) electrons. The lowest BCUT2D eigenvalue weighted by Crippen LogP contribution is -2.25. The number of hydrogen-bond acceptors (Lipinski definition) is 3. The molecule has 0 aliphatic heterocycles. The lowest BCUT2D eigenvalue weighted by molar-refractivity contribution is 0.114. The van der Waals surface area contributed by atoms with Crippen LogP contribution in [0.15, 0.2) is 6.20 Å². The second-order valence-corrected chi connectivity index (χ2v) is 3.71. The Hall–Kier alpha value is -0.540. The zero-order chi connectivity index (χ0) is 9.26. The van der Waals surface area contributed by atoms with Crippen LogP contribution in [0.25, 0.3) is 0 Å². The Bertz CT molecular complexity index is 315. The standard InChI is InChI=1S/C8H8Cl2N2O/c9-6-4-11-8(10)12-7(6)13-5-2-1-3-5/h4-5H,1-3H2. The van der Waals surface area contributed by atoms with Crippen molar-refractivity contribution < 1.29 is 4.74 Å². The second-order valence-electron chi connectivity index (χ2n) is 2.96. The van der Waals surface area contributed by atoms with Gasteiger partial charge in [0.25, 0.3) is 0 Å². The predicted octanol–water partition coefficient (Wildman–Crippen LogP) is 2.71. The maximum atomic E-state index is 5.81. The van der Waals surface area contributed by atoms with Gasteiger partial charge >= 0.3 is 0 Å². The number of aromatic nitrogens is 2. The third kappa shape index (κ3) is 2.03. The van der Waals surface area contributed by atoms with E-state index in [1.165, 1.54) is 12.6 Å². The van der Waals surface area contributed by atoms with Crippen LogP contribution in [-0.2, 0) is 0 Å². The fourth-order valence-electron chi connectivity index (χ4n) is 1.06. The molecule has 1 fully saturated rings. The van der Waals surface area contributed by atoms with Gasteiger partial charge in [0.1, 0.15) is 11.1 Å². The summed E-state index contributed by atoms with van der Waals surface area (Å²) in [5.74, 6) is 0.395. The Labute approximate surface area is 86.0 Å². The molecule has 1 saturated carbocycles. The first-order chi connectivity index (χ1) is 6.25. The lowest BCUT2D eigenvalue weighted by Gasteiger charge is -2.25. The van der Waals surface area contributed by atoms with Crippen LogP contribution in [0.2, 0.25) is 10.3 Å². The molecule has 0 bridgehead atoms. The molecule has 70 valence electrons. The Morgan fingerprint density at radius 3 is 2.77 bits per heavy atom. The van der Waals surface area contributed by atoms with Crippen molar-refractivity contribution in [2.24, 2.45) is 0 Å². The third-order valence-corrected chi connectivity index (χ3v) is 2.45. The monoisotopic (exact) mass is 218 g/mol. The predicted molar refractivity (Wildman–Crippen MR) is 50.3 cm³/mol. The van der Waals surface area contributed by atoms with Gasteiger partial charge in [-0.15, -0.1) is 0 Å². The van der Waals surface area contributed by atoms with E-state index >= 15 is 0 Å². The summed E-state index contributed by atoms with van der Waals surface area (Å²) >= 11 is 11.4. The zero-order valence-electron chi connectivity index (χ0n) is 6.83. The molecule has 0 unspecified atom stereocenters. The molecule has 0 N–H and O–H groups in total. The van der Waals surface area contributed by atoms with Crippen molar-refractivity contribution >= 4 is 23.2 Å². The van der Waals surface area contributed by atoms with Crippen LogP contribution in [0, 0.1) is 0 Å². The first-order valence-electron chi connectivity index (χ1n) is 4.10. The molecule has 13 heavy (non-hydrogen) atoms. The Kier molecular flexibility index (Phi) is 2.56. The molecular weight excluding hydrogens is 211 g/mol. The van der Waals surface area contributed by atoms with E-state index in [1.807, 2.05) is 0 Å². The summed E-state index contributed by atoms with van der Waals surface area (Å²) in [4.78, 5) is 7.63. The Balaban J connectivity index is 2.13. The lowest BCUT2D eigenvalue weighted by atomic mass is 9.96. The molecular formula is C8H8Cl2N2O.